The van der Waals surface area contributed by atoms with Gasteiger partial charge in [0.2, 0.25) is 12.2 Å². The molecule has 140 valence electrons. The van der Waals surface area contributed by atoms with Gasteiger partial charge in [-0.2, -0.15) is 0 Å². The van der Waals surface area contributed by atoms with Crippen LogP contribution in [-0.4, -0.2) is 28.7 Å². The number of rotatable bonds is 3. The molecule has 0 spiro atoms. The number of carbonyl (C=O) groups is 1. The third-order valence-electron chi connectivity index (χ3n) is 6.21. The molecule has 5 rings (SSSR count). The lowest BCUT2D eigenvalue weighted by Gasteiger charge is -2.45. The molecule has 4 heterocycles. The number of piperidine rings is 1. The van der Waals surface area contributed by atoms with Crippen molar-refractivity contribution in [2.24, 2.45) is 11.8 Å². The largest absolute Gasteiger partial charge is 0.472 e. The van der Waals surface area contributed by atoms with Crippen molar-refractivity contribution in [3.63, 3.8) is 0 Å². The lowest BCUT2D eigenvalue weighted by Crippen LogP contribution is -2.52. The fraction of sp³-hybridized carbons (Fsp3) is 0.455. The topological polar surface area (TPSA) is 51.7 Å². The van der Waals surface area contributed by atoms with Crippen LogP contribution in [0.3, 0.4) is 0 Å². The van der Waals surface area contributed by atoms with E-state index in [9.17, 15) is 4.79 Å². The van der Waals surface area contributed by atoms with Crippen molar-refractivity contribution in [1.82, 2.24) is 9.88 Å². The molecule has 5 nitrogen and oxygen atoms in total. The minimum absolute atomic E-state index is 0.0497. The number of hydrogen-bond donors (Lipinski definition) is 0. The molecule has 0 saturated carbocycles. The van der Waals surface area contributed by atoms with E-state index in [0.29, 0.717) is 13.2 Å². The van der Waals surface area contributed by atoms with Gasteiger partial charge in [0.05, 0.1) is 23.5 Å². The Labute approximate surface area is 159 Å². The molecule has 5 heteroatoms. The number of amides is 1. The first-order valence-corrected chi connectivity index (χ1v) is 9.86. The number of hydrogen-bond acceptors (Lipinski definition) is 4. The van der Waals surface area contributed by atoms with Crippen LogP contribution in [-0.2, 0) is 20.8 Å². The van der Waals surface area contributed by atoms with Gasteiger partial charge in [-0.1, -0.05) is 25.1 Å². The van der Waals surface area contributed by atoms with Crippen LogP contribution in [0, 0.1) is 11.8 Å². The molecule has 2 aromatic rings. The molecular formula is C22H24N2O3. The maximum Gasteiger partial charge on any atom is 0.233 e. The van der Waals surface area contributed by atoms with Gasteiger partial charge in [-0.3, -0.25) is 9.78 Å². The van der Waals surface area contributed by atoms with E-state index in [1.165, 1.54) is 11.1 Å². The number of ether oxygens (including phenoxy) is 2. The highest BCUT2D eigenvalue weighted by Crippen LogP contribution is 2.49. The van der Waals surface area contributed by atoms with Crippen molar-refractivity contribution in [3.8, 4) is 0 Å². The van der Waals surface area contributed by atoms with Crippen LogP contribution in [0.1, 0.15) is 44.0 Å². The van der Waals surface area contributed by atoms with E-state index in [-0.39, 0.29) is 23.8 Å². The molecule has 3 aliphatic rings. The van der Waals surface area contributed by atoms with Crippen LogP contribution in [0.15, 0.2) is 42.2 Å². The van der Waals surface area contributed by atoms with Gasteiger partial charge in [0.1, 0.15) is 5.92 Å². The van der Waals surface area contributed by atoms with Gasteiger partial charge in [0.15, 0.2) is 0 Å². The molecule has 0 bridgehead atoms. The van der Waals surface area contributed by atoms with Crippen LogP contribution in [0.4, 0.5) is 0 Å². The summed E-state index contributed by atoms with van der Waals surface area (Å²) in [6.45, 7) is 5.23. The van der Waals surface area contributed by atoms with Crippen LogP contribution < -0.4 is 0 Å². The standard InChI is InChI=1S/C22H24N2O3/c1-3-13-12-27-22(26-4-2)19-16(13)10-18-20-15(11-24(18)21(19)25)9-14-7-5-6-8-17(14)23-20/h5-9,12,16,18-19,22H,3-4,10-11H2,1-2H3/t16-,18-,19-,22+/m0/s1. The van der Waals surface area contributed by atoms with E-state index in [4.69, 9.17) is 14.5 Å². The monoisotopic (exact) mass is 364 g/mol. The molecule has 27 heavy (non-hydrogen) atoms. The Hall–Kier alpha value is -2.40. The van der Waals surface area contributed by atoms with Gasteiger partial charge in [-0.05, 0) is 43.0 Å². The van der Waals surface area contributed by atoms with Crippen LogP contribution >= 0.6 is 0 Å². The third-order valence-corrected chi connectivity index (χ3v) is 6.21. The zero-order valence-corrected chi connectivity index (χ0v) is 15.7. The summed E-state index contributed by atoms with van der Waals surface area (Å²) in [5.41, 5.74) is 4.44. The number of fused-ring (bicyclic) bond motifs is 5. The van der Waals surface area contributed by atoms with Gasteiger partial charge < -0.3 is 14.4 Å². The number of allylic oxidation sites excluding steroid dienone is 1. The summed E-state index contributed by atoms with van der Waals surface area (Å²) in [5, 5.41) is 1.13. The summed E-state index contributed by atoms with van der Waals surface area (Å²) in [5.74, 6) is 0.0361. The van der Waals surface area contributed by atoms with Gasteiger partial charge in [-0.15, -0.1) is 0 Å². The lowest BCUT2D eigenvalue weighted by atomic mass is 9.75. The van der Waals surface area contributed by atoms with Crippen molar-refractivity contribution >= 4 is 16.8 Å². The van der Waals surface area contributed by atoms with Gasteiger partial charge in [-0.25, -0.2) is 0 Å². The number of nitrogens with zero attached hydrogens (tertiary/aromatic N) is 2. The van der Waals surface area contributed by atoms with E-state index < -0.39 is 6.29 Å². The Morgan fingerprint density at radius 3 is 2.96 bits per heavy atom. The van der Waals surface area contributed by atoms with Crippen molar-refractivity contribution in [1.29, 1.82) is 0 Å². The maximum atomic E-state index is 13.5. The second kappa shape index (κ2) is 6.34. The fourth-order valence-electron chi connectivity index (χ4n) is 4.92. The summed E-state index contributed by atoms with van der Waals surface area (Å²) in [6, 6.07) is 10.4. The predicted octanol–water partition coefficient (Wildman–Crippen LogP) is 3.94. The molecule has 0 aliphatic carbocycles. The van der Waals surface area contributed by atoms with Crippen molar-refractivity contribution < 1.29 is 14.3 Å². The molecule has 0 unspecified atom stereocenters. The molecule has 1 saturated heterocycles. The molecule has 3 aliphatic heterocycles. The van der Waals surface area contributed by atoms with Crippen LogP contribution in [0.2, 0.25) is 0 Å². The summed E-state index contributed by atoms with van der Waals surface area (Å²) in [4.78, 5) is 20.4. The number of aromatic nitrogens is 1. The Morgan fingerprint density at radius 2 is 2.15 bits per heavy atom. The summed E-state index contributed by atoms with van der Waals surface area (Å²) >= 11 is 0. The van der Waals surface area contributed by atoms with Crippen molar-refractivity contribution in [2.45, 2.75) is 45.6 Å². The molecular weight excluding hydrogens is 340 g/mol. The average molecular weight is 364 g/mol. The zero-order chi connectivity index (χ0) is 18.5. The number of carbonyl (C=O) groups excluding carboxylic acids is 1. The first kappa shape index (κ1) is 16.8. The quantitative estimate of drug-likeness (QED) is 0.828. The highest BCUT2D eigenvalue weighted by molar-refractivity contribution is 5.84. The molecule has 1 aromatic carbocycles. The Bertz CT molecular complexity index is 938. The Morgan fingerprint density at radius 1 is 1.30 bits per heavy atom. The minimum atomic E-state index is -0.487. The Kier molecular flexibility index (Phi) is 3.93. The zero-order valence-electron chi connectivity index (χ0n) is 15.7. The van der Waals surface area contributed by atoms with Crippen LogP contribution in [0.25, 0.3) is 10.9 Å². The van der Waals surface area contributed by atoms with Gasteiger partial charge >= 0.3 is 0 Å². The lowest BCUT2D eigenvalue weighted by molar-refractivity contribution is -0.188. The van der Waals surface area contributed by atoms with E-state index >= 15 is 0 Å². The first-order chi connectivity index (χ1) is 13.2. The van der Waals surface area contributed by atoms with E-state index in [1.54, 1.807) is 0 Å². The van der Waals surface area contributed by atoms with Crippen molar-refractivity contribution in [3.05, 3.63) is 53.4 Å². The average Bonchev–Trinajstić information content (AvgIpc) is 3.04. The molecule has 0 radical (unpaired) electrons. The number of benzene rings is 1. The normalized spacial score (nSPS) is 29.0. The predicted molar refractivity (Wildman–Crippen MR) is 102 cm³/mol. The summed E-state index contributed by atoms with van der Waals surface area (Å²) in [7, 11) is 0. The highest BCUT2D eigenvalue weighted by atomic mass is 16.7. The second-order valence-corrected chi connectivity index (χ2v) is 7.58. The molecule has 1 fully saturated rings. The first-order valence-electron chi connectivity index (χ1n) is 9.86. The fourth-order valence-corrected chi connectivity index (χ4v) is 4.92. The minimum Gasteiger partial charge on any atom is -0.472 e. The summed E-state index contributed by atoms with van der Waals surface area (Å²) in [6.07, 6.45) is 3.12. The van der Waals surface area contributed by atoms with E-state index in [1.807, 2.05) is 36.3 Å². The molecule has 0 N–H and O–H groups in total. The number of pyridine rings is 1. The third kappa shape index (κ3) is 2.48. The second-order valence-electron chi connectivity index (χ2n) is 7.58. The van der Waals surface area contributed by atoms with Gasteiger partial charge in [0, 0.05) is 24.5 Å². The molecule has 4 atom stereocenters. The molecule has 1 aromatic heterocycles. The van der Waals surface area contributed by atoms with E-state index in [2.05, 4.69) is 19.1 Å². The number of para-hydroxylation sites is 1. The smallest absolute Gasteiger partial charge is 0.233 e. The summed E-state index contributed by atoms with van der Waals surface area (Å²) < 4.78 is 11.6. The Balaban J connectivity index is 1.56. The highest BCUT2D eigenvalue weighted by Gasteiger charge is 2.52. The van der Waals surface area contributed by atoms with Gasteiger partial charge in [0.25, 0.3) is 0 Å². The maximum absolute atomic E-state index is 13.5. The van der Waals surface area contributed by atoms with Crippen molar-refractivity contribution in [2.75, 3.05) is 6.61 Å². The molecule has 1 amide bonds. The van der Waals surface area contributed by atoms with E-state index in [0.717, 1.165) is 29.4 Å². The SMILES string of the molecule is CCO[C@@H]1OC=C(CC)[C@@H]2C[C@H]3c4nc5ccccc5cc4CN3C(=O)[C@@H]12. The van der Waals surface area contributed by atoms with Crippen LogP contribution in [0.5, 0.6) is 0 Å².